The molecule has 1 unspecified atom stereocenters. The topological polar surface area (TPSA) is 60.4 Å². The van der Waals surface area contributed by atoms with Crippen molar-refractivity contribution in [1.82, 2.24) is 0 Å². The summed E-state index contributed by atoms with van der Waals surface area (Å²) in [6.45, 7) is 0. The number of hydrogen-bond acceptors (Lipinski definition) is 4. The number of hydrogen-bond donors (Lipinski definition) is 0. The van der Waals surface area contributed by atoms with E-state index in [1.54, 1.807) is 4.74 Å². The maximum absolute atomic E-state index is 12.7. The summed E-state index contributed by atoms with van der Waals surface area (Å²) in [5.41, 5.74) is 0. The summed E-state index contributed by atoms with van der Waals surface area (Å²) < 4.78 is 169. The van der Waals surface area contributed by atoms with Crippen LogP contribution in [0.3, 0.4) is 0 Å². The fraction of sp³-hybridized carbons (Fsp3) is 0.833. The first-order valence-electron chi connectivity index (χ1n) is 4.38. The molecule has 0 aromatic carbocycles. The largest absolute Gasteiger partial charge is 0.462 e. The van der Waals surface area contributed by atoms with Gasteiger partial charge in [0.05, 0.1) is 0 Å². The lowest BCUT2D eigenvalue weighted by Gasteiger charge is -2.34. The molecule has 0 aliphatic carbocycles. The first kappa shape index (κ1) is 21.7. The van der Waals surface area contributed by atoms with E-state index in [4.69, 9.17) is 0 Å². The van der Waals surface area contributed by atoms with Gasteiger partial charge >= 0.3 is 45.6 Å². The molecule has 0 saturated heterocycles. The lowest BCUT2D eigenvalue weighted by atomic mass is 10.2. The summed E-state index contributed by atoms with van der Waals surface area (Å²) in [4.78, 5) is 3.08. The third-order valence-electron chi connectivity index (χ3n) is 1.97. The van der Waals surface area contributed by atoms with Crippen LogP contribution in [0.2, 0.25) is 0 Å². The van der Waals surface area contributed by atoms with Gasteiger partial charge in [-0.3, -0.25) is 9.53 Å². The Morgan fingerprint density at radius 2 is 1.13 bits per heavy atom. The molecule has 17 heteroatoms. The number of carbonyl (C=O) groups excluding carboxylic acids is 1. The zero-order valence-corrected chi connectivity index (χ0v) is 10.4. The normalized spacial score (nSPS) is 17.7. The standard InChI is InChI=1S/C6F12O4S/c7-1(19)2(4(10,11)12,23(18,20)21)22-6(16,17)3(8,9)5(13,14)15. The van der Waals surface area contributed by atoms with E-state index < -0.39 is 45.6 Å². The van der Waals surface area contributed by atoms with Crippen LogP contribution in [0, 0.1) is 0 Å². The molecular formula is C6F12O4S. The minimum Gasteiger partial charge on any atom is -0.272 e. The Morgan fingerprint density at radius 1 is 0.783 bits per heavy atom. The van der Waals surface area contributed by atoms with Gasteiger partial charge < -0.3 is 0 Å². The van der Waals surface area contributed by atoms with Crippen molar-refractivity contribution in [2.75, 3.05) is 0 Å². The van der Waals surface area contributed by atoms with Crippen LogP contribution in [-0.2, 0) is 19.8 Å². The first-order chi connectivity index (χ1) is 9.65. The van der Waals surface area contributed by atoms with Gasteiger partial charge in [-0.2, -0.15) is 56.7 Å². The van der Waals surface area contributed by atoms with Crippen molar-refractivity contribution in [1.29, 1.82) is 0 Å². The van der Waals surface area contributed by atoms with E-state index >= 15 is 0 Å². The molecule has 0 radical (unpaired) electrons. The third kappa shape index (κ3) is 3.33. The van der Waals surface area contributed by atoms with Crippen molar-refractivity contribution in [3.05, 3.63) is 0 Å². The van der Waals surface area contributed by atoms with Crippen LogP contribution >= 0.6 is 0 Å². The Morgan fingerprint density at radius 3 is 1.30 bits per heavy atom. The second kappa shape index (κ2) is 5.38. The van der Waals surface area contributed by atoms with Crippen molar-refractivity contribution >= 4 is 16.3 Å². The molecule has 0 aromatic rings. The van der Waals surface area contributed by atoms with E-state index in [-0.39, 0.29) is 0 Å². The van der Waals surface area contributed by atoms with Gasteiger partial charge in [0, 0.05) is 0 Å². The monoisotopic (exact) mass is 396 g/mol. The van der Waals surface area contributed by atoms with Gasteiger partial charge in [-0.05, 0) is 0 Å². The van der Waals surface area contributed by atoms with Gasteiger partial charge in [-0.1, -0.05) is 0 Å². The Kier molecular flexibility index (Phi) is 5.09. The molecule has 4 nitrogen and oxygen atoms in total. The fourth-order valence-corrected chi connectivity index (χ4v) is 1.58. The highest BCUT2D eigenvalue weighted by molar-refractivity contribution is 7.88. The van der Waals surface area contributed by atoms with Crippen molar-refractivity contribution in [3.63, 3.8) is 0 Å². The minimum atomic E-state index is -7.97. The molecule has 0 N–H and O–H groups in total. The molecule has 0 aliphatic rings. The van der Waals surface area contributed by atoms with Gasteiger partial charge in [-0.15, -0.1) is 3.89 Å². The average Bonchev–Trinajstić information content (AvgIpc) is 2.19. The highest BCUT2D eigenvalue weighted by atomic mass is 32.3. The molecule has 0 fully saturated rings. The van der Waals surface area contributed by atoms with Crippen LogP contribution in [0.4, 0.5) is 52.2 Å². The Hall–Kier alpha value is -1.26. The molecule has 0 rings (SSSR count). The lowest BCUT2D eigenvalue weighted by Crippen LogP contribution is -2.65. The van der Waals surface area contributed by atoms with E-state index in [1.165, 1.54) is 0 Å². The zero-order chi connectivity index (χ0) is 19.3. The average molecular weight is 396 g/mol. The van der Waals surface area contributed by atoms with Gasteiger partial charge in [-0.25, -0.2) is 0 Å². The Labute approximate surface area is 117 Å². The predicted molar refractivity (Wildman–Crippen MR) is 42.0 cm³/mol. The third-order valence-corrected chi connectivity index (χ3v) is 3.13. The highest BCUT2D eigenvalue weighted by Crippen LogP contribution is 2.52. The van der Waals surface area contributed by atoms with Crippen LogP contribution in [0.15, 0.2) is 0 Å². The van der Waals surface area contributed by atoms with Crippen molar-refractivity contribution in [2.24, 2.45) is 0 Å². The van der Waals surface area contributed by atoms with E-state index in [1.807, 2.05) is 0 Å². The second-order valence-electron chi connectivity index (χ2n) is 3.52. The van der Waals surface area contributed by atoms with Gasteiger partial charge in [0.15, 0.2) is 0 Å². The SMILES string of the molecule is O=C(F)C(OC(F)(F)C(F)(F)C(F)(F)F)(C(F)(F)F)S(=O)(=O)F. The quantitative estimate of drug-likeness (QED) is 0.530. The van der Waals surface area contributed by atoms with Crippen molar-refractivity contribution < 1.29 is 70.1 Å². The number of rotatable bonds is 5. The van der Waals surface area contributed by atoms with Crippen molar-refractivity contribution in [3.8, 4) is 0 Å². The van der Waals surface area contributed by atoms with Crippen LogP contribution in [0.5, 0.6) is 0 Å². The summed E-state index contributed by atoms with van der Waals surface area (Å²) in [6.07, 6.45) is -22.2. The molecule has 0 aromatic heterocycles. The highest BCUT2D eigenvalue weighted by Gasteiger charge is 2.83. The molecule has 0 heterocycles. The predicted octanol–water partition coefficient (Wildman–Crippen LogP) is 2.85. The number of carbonyl (C=O) groups is 1. The molecule has 0 spiro atoms. The van der Waals surface area contributed by atoms with Crippen LogP contribution in [0.25, 0.3) is 0 Å². The molecule has 0 saturated carbocycles. The maximum atomic E-state index is 12.7. The number of halogens is 12. The summed E-state index contributed by atoms with van der Waals surface area (Å²) in [7, 11) is -7.97. The molecule has 1 atom stereocenters. The maximum Gasteiger partial charge on any atom is 0.462 e. The molecule has 138 valence electrons. The minimum absolute atomic E-state index is 1.59. The zero-order valence-electron chi connectivity index (χ0n) is 9.58. The van der Waals surface area contributed by atoms with Gasteiger partial charge in [0.2, 0.25) is 0 Å². The molecule has 0 aliphatic heterocycles. The van der Waals surface area contributed by atoms with E-state index in [9.17, 15) is 65.4 Å². The number of ether oxygens (including phenoxy) is 1. The smallest absolute Gasteiger partial charge is 0.272 e. The van der Waals surface area contributed by atoms with Crippen molar-refractivity contribution in [2.45, 2.75) is 29.3 Å². The molecular weight excluding hydrogens is 396 g/mol. The summed E-state index contributed by atoms with van der Waals surface area (Å²) in [6, 6.07) is -4.66. The molecule has 0 amide bonds. The second-order valence-corrected chi connectivity index (χ2v) is 4.97. The summed E-state index contributed by atoms with van der Waals surface area (Å²) in [5, 5.41) is 0. The summed E-state index contributed by atoms with van der Waals surface area (Å²) in [5.74, 6) is -7.54. The van der Waals surface area contributed by atoms with Crippen LogP contribution in [0.1, 0.15) is 0 Å². The summed E-state index contributed by atoms with van der Waals surface area (Å²) >= 11 is 0. The van der Waals surface area contributed by atoms with Crippen LogP contribution < -0.4 is 0 Å². The molecule has 0 bridgehead atoms. The Balaban J connectivity index is 6.50. The fourth-order valence-electron chi connectivity index (χ4n) is 0.903. The lowest BCUT2D eigenvalue weighted by molar-refractivity contribution is -0.447. The Bertz CT molecular complexity index is 573. The first-order valence-corrected chi connectivity index (χ1v) is 5.77. The van der Waals surface area contributed by atoms with Gasteiger partial charge in [0.25, 0.3) is 0 Å². The van der Waals surface area contributed by atoms with E-state index in [0.717, 1.165) is 0 Å². The van der Waals surface area contributed by atoms with E-state index in [0.29, 0.717) is 0 Å². The van der Waals surface area contributed by atoms with E-state index in [2.05, 4.69) is 0 Å². The molecule has 23 heavy (non-hydrogen) atoms. The van der Waals surface area contributed by atoms with Gasteiger partial charge in [0.1, 0.15) is 0 Å². The number of alkyl halides is 10. The van der Waals surface area contributed by atoms with Crippen LogP contribution in [-0.4, -0.2) is 43.8 Å².